The largest absolute Gasteiger partial charge is 0.393 e. The number of anilines is 1. The van der Waals surface area contributed by atoms with Gasteiger partial charge >= 0.3 is 6.18 Å². The summed E-state index contributed by atoms with van der Waals surface area (Å²) in [5.74, 6) is -1.26. The predicted molar refractivity (Wildman–Crippen MR) is 75.8 cm³/mol. The van der Waals surface area contributed by atoms with E-state index in [4.69, 9.17) is 0 Å². The highest BCUT2D eigenvalue weighted by Gasteiger charge is 2.41. The molecule has 0 radical (unpaired) electrons. The van der Waals surface area contributed by atoms with Crippen LogP contribution in [-0.4, -0.2) is 24.4 Å². The predicted octanol–water partition coefficient (Wildman–Crippen LogP) is 4.28. The summed E-state index contributed by atoms with van der Waals surface area (Å²) in [5, 5.41) is 9.56. The molecule has 112 valence electrons. The van der Waals surface area contributed by atoms with E-state index in [1.807, 2.05) is 0 Å². The smallest absolute Gasteiger partial charge is 0.389 e. The first kappa shape index (κ1) is 15.6. The van der Waals surface area contributed by atoms with Crippen molar-refractivity contribution in [2.75, 3.05) is 18.0 Å². The lowest BCUT2D eigenvalue weighted by atomic mass is 9.97. The Labute approximate surface area is 124 Å². The van der Waals surface area contributed by atoms with Crippen LogP contribution in [0.5, 0.6) is 0 Å². The lowest BCUT2D eigenvalue weighted by Gasteiger charge is -2.35. The van der Waals surface area contributed by atoms with E-state index >= 15 is 0 Å². The van der Waals surface area contributed by atoms with Crippen LogP contribution < -0.4 is 4.90 Å². The van der Waals surface area contributed by atoms with Crippen molar-refractivity contribution in [3.63, 3.8) is 0 Å². The van der Waals surface area contributed by atoms with Crippen LogP contribution in [0.15, 0.2) is 22.7 Å². The molecule has 1 aliphatic heterocycles. The number of halogens is 4. The standard InChI is InChI=1S/C14H17BrF3NO/c1-9(20)12-5-4-11(7-13(12)15)19-6-2-3-10(8-19)14(16,17)18/h4-5,7,9-10,20H,2-3,6,8H2,1H3/t9-,10?/m0/s1. The number of rotatable bonds is 2. The number of benzene rings is 1. The van der Waals surface area contributed by atoms with Gasteiger partial charge in [-0.2, -0.15) is 13.2 Å². The van der Waals surface area contributed by atoms with Gasteiger partial charge in [-0.05, 0) is 37.5 Å². The van der Waals surface area contributed by atoms with Gasteiger partial charge in [-0.15, -0.1) is 0 Å². The Hall–Kier alpha value is -0.750. The number of nitrogens with zero attached hydrogens (tertiary/aromatic N) is 1. The number of hydrogen-bond acceptors (Lipinski definition) is 2. The molecule has 0 bridgehead atoms. The molecule has 2 rings (SSSR count). The Bertz CT molecular complexity index is 476. The molecule has 2 atom stereocenters. The second-order valence-electron chi connectivity index (χ2n) is 5.21. The average molecular weight is 352 g/mol. The van der Waals surface area contributed by atoms with Crippen LogP contribution in [0.4, 0.5) is 18.9 Å². The van der Waals surface area contributed by atoms with Crippen molar-refractivity contribution in [3.8, 4) is 0 Å². The summed E-state index contributed by atoms with van der Waals surface area (Å²) >= 11 is 3.36. The molecular weight excluding hydrogens is 335 g/mol. The molecule has 6 heteroatoms. The zero-order valence-electron chi connectivity index (χ0n) is 11.1. The Morgan fingerprint density at radius 2 is 2.10 bits per heavy atom. The normalized spacial score (nSPS) is 21.9. The first-order valence-electron chi connectivity index (χ1n) is 6.58. The molecule has 1 aromatic carbocycles. The summed E-state index contributed by atoms with van der Waals surface area (Å²) in [4.78, 5) is 1.76. The van der Waals surface area contributed by atoms with E-state index in [2.05, 4.69) is 15.9 Å². The van der Waals surface area contributed by atoms with Crippen molar-refractivity contribution in [3.05, 3.63) is 28.2 Å². The van der Waals surface area contributed by atoms with E-state index < -0.39 is 18.2 Å². The van der Waals surface area contributed by atoms with Crippen molar-refractivity contribution in [1.29, 1.82) is 0 Å². The van der Waals surface area contributed by atoms with Gasteiger partial charge in [0.25, 0.3) is 0 Å². The van der Waals surface area contributed by atoms with Gasteiger partial charge in [-0.25, -0.2) is 0 Å². The van der Waals surface area contributed by atoms with Crippen molar-refractivity contribution >= 4 is 21.6 Å². The van der Waals surface area contributed by atoms with E-state index in [-0.39, 0.29) is 13.0 Å². The van der Waals surface area contributed by atoms with Crippen molar-refractivity contribution in [1.82, 2.24) is 0 Å². The number of alkyl halides is 3. The molecule has 20 heavy (non-hydrogen) atoms. The third kappa shape index (κ3) is 3.47. The molecule has 1 heterocycles. The minimum Gasteiger partial charge on any atom is -0.389 e. The first-order chi connectivity index (χ1) is 9.29. The molecular formula is C14H17BrF3NO. The molecule has 1 aromatic rings. The topological polar surface area (TPSA) is 23.5 Å². The SMILES string of the molecule is C[C@H](O)c1ccc(N2CCCC(C(F)(F)F)C2)cc1Br. The highest BCUT2D eigenvalue weighted by molar-refractivity contribution is 9.10. The molecule has 0 aromatic heterocycles. The lowest BCUT2D eigenvalue weighted by Crippen LogP contribution is -2.41. The number of piperidine rings is 1. The number of aliphatic hydroxyl groups excluding tert-OH is 1. The van der Waals surface area contributed by atoms with Crippen LogP contribution in [0.2, 0.25) is 0 Å². The summed E-state index contributed by atoms with van der Waals surface area (Å²) in [6, 6.07) is 5.30. The minimum absolute atomic E-state index is 0.00393. The van der Waals surface area contributed by atoms with Gasteiger partial charge in [-0.3, -0.25) is 0 Å². The van der Waals surface area contributed by atoms with Gasteiger partial charge in [0.2, 0.25) is 0 Å². The maximum absolute atomic E-state index is 12.8. The molecule has 0 saturated carbocycles. The Morgan fingerprint density at radius 3 is 2.65 bits per heavy atom. The van der Waals surface area contributed by atoms with Gasteiger partial charge in [0, 0.05) is 23.2 Å². The maximum Gasteiger partial charge on any atom is 0.393 e. The molecule has 1 unspecified atom stereocenters. The fourth-order valence-electron chi connectivity index (χ4n) is 2.53. The highest BCUT2D eigenvalue weighted by Crippen LogP contribution is 2.36. The lowest BCUT2D eigenvalue weighted by molar-refractivity contribution is -0.175. The van der Waals surface area contributed by atoms with Crippen LogP contribution in [0, 0.1) is 5.92 Å². The van der Waals surface area contributed by atoms with E-state index in [1.54, 1.807) is 30.0 Å². The van der Waals surface area contributed by atoms with Gasteiger partial charge in [0.1, 0.15) is 0 Å². The zero-order chi connectivity index (χ0) is 14.9. The van der Waals surface area contributed by atoms with Crippen LogP contribution in [0.3, 0.4) is 0 Å². The summed E-state index contributed by atoms with van der Waals surface area (Å²) in [6.45, 7) is 2.29. The molecule has 0 amide bonds. The molecule has 0 spiro atoms. The second kappa shape index (κ2) is 5.93. The van der Waals surface area contributed by atoms with Crippen molar-refractivity contribution < 1.29 is 18.3 Å². The van der Waals surface area contributed by atoms with Gasteiger partial charge in [0.15, 0.2) is 0 Å². The third-order valence-electron chi connectivity index (χ3n) is 3.68. The molecule has 1 aliphatic rings. The summed E-state index contributed by atoms with van der Waals surface area (Å²) in [7, 11) is 0. The molecule has 1 N–H and O–H groups in total. The van der Waals surface area contributed by atoms with E-state index in [0.717, 1.165) is 15.7 Å². The quantitative estimate of drug-likeness (QED) is 0.859. The third-order valence-corrected chi connectivity index (χ3v) is 4.37. The first-order valence-corrected chi connectivity index (χ1v) is 7.37. The van der Waals surface area contributed by atoms with Crippen LogP contribution in [0.25, 0.3) is 0 Å². The van der Waals surface area contributed by atoms with Gasteiger partial charge in [0.05, 0.1) is 12.0 Å². The Balaban J connectivity index is 2.17. The highest BCUT2D eigenvalue weighted by atomic mass is 79.9. The Kier molecular flexibility index (Phi) is 4.64. The molecule has 2 nitrogen and oxygen atoms in total. The van der Waals surface area contributed by atoms with Crippen LogP contribution in [-0.2, 0) is 0 Å². The van der Waals surface area contributed by atoms with Gasteiger partial charge < -0.3 is 10.0 Å². The summed E-state index contributed by atoms with van der Waals surface area (Å²) in [6.07, 6.45) is -4.00. The fraction of sp³-hybridized carbons (Fsp3) is 0.571. The molecule has 1 fully saturated rings. The zero-order valence-corrected chi connectivity index (χ0v) is 12.7. The minimum atomic E-state index is -4.13. The van der Waals surface area contributed by atoms with Crippen LogP contribution >= 0.6 is 15.9 Å². The van der Waals surface area contributed by atoms with E-state index in [0.29, 0.717) is 13.0 Å². The number of aliphatic hydroxyl groups is 1. The summed E-state index contributed by atoms with van der Waals surface area (Å²) in [5.41, 5.74) is 1.49. The molecule has 1 saturated heterocycles. The second-order valence-corrected chi connectivity index (χ2v) is 6.06. The average Bonchev–Trinajstić information content (AvgIpc) is 2.37. The van der Waals surface area contributed by atoms with Crippen LogP contribution in [0.1, 0.15) is 31.4 Å². The van der Waals surface area contributed by atoms with E-state index in [1.165, 1.54) is 0 Å². The molecule has 0 aliphatic carbocycles. The van der Waals surface area contributed by atoms with Crippen molar-refractivity contribution in [2.24, 2.45) is 5.92 Å². The summed E-state index contributed by atoms with van der Waals surface area (Å²) < 4.78 is 39.2. The monoisotopic (exact) mass is 351 g/mol. The Morgan fingerprint density at radius 1 is 1.40 bits per heavy atom. The van der Waals surface area contributed by atoms with Crippen molar-refractivity contribution in [2.45, 2.75) is 32.0 Å². The van der Waals surface area contributed by atoms with Gasteiger partial charge in [-0.1, -0.05) is 22.0 Å². The number of hydrogen-bond donors (Lipinski definition) is 1. The maximum atomic E-state index is 12.8. The fourth-order valence-corrected chi connectivity index (χ4v) is 3.23. The van der Waals surface area contributed by atoms with E-state index in [9.17, 15) is 18.3 Å².